The highest BCUT2D eigenvalue weighted by Crippen LogP contribution is 2.43. The standard InChI is InChI=1S/C40H74NO10P/c1-3-5-7-9-11-13-15-17-18-20-21-23-25-27-29-31-38(42)48-33-36(34-49-52(46,47)50-35-37(41)40(44)45)51-39(43)32-30-28-26-24-22-19-16-14-12-10-8-6-4-2/h3,19,22,36-37H,1,4-18,20-21,23-35,41H2,2H3,(H,44,45)(H,46,47)/b22-19+/t36-,37+/m1/s1. The van der Waals surface area contributed by atoms with Gasteiger partial charge in [0.1, 0.15) is 12.6 Å². The number of carbonyl (C=O) groups excluding carboxylic acids is 2. The van der Waals surface area contributed by atoms with Gasteiger partial charge in [-0.25, -0.2) is 4.57 Å². The van der Waals surface area contributed by atoms with Gasteiger partial charge in [-0.2, -0.15) is 0 Å². The molecule has 0 amide bonds. The van der Waals surface area contributed by atoms with Crippen molar-refractivity contribution >= 4 is 25.7 Å². The van der Waals surface area contributed by atoms with Gasteiger partial charge in [0, 0.05) is 12.8 Å². The van der Waals surface area contributed by atoms with Gasteiger partial charge in [0.05, 0.1) is 13.2 Å². The molecular weight excluding hydrogens is 685 g/mol. The van der Waals surface area contributed by atoms with Gasteiger partial charge in [0.15, 0.2) is 6.10 Å². The molecule has 12 heteroatoms. The number of ether oxygens (including phenoxy) is 2. The predicted octanol–water partition coefficient (Wildman–Crippen LogP) is 10.3. The molecule has 0 heterocycles. The van der Waals surface area contributed by atoms with Crippen LogP contribution < -0.4 is 5.73 Å². The van der Waals surface area contributed by atoms with Gasteiger partial charge in [-0.3, -0.25) is 23.4 Å². The minimum Gasteiger partial charge on any atom is -0.480 e. The summed E-state index contributed by atoms with van der Waals surface area (Å²) < 4.78 is 32.6. The quantitative estimate of drug-likeness (QED) is 0.0236. The van der Waals surface area contributed by atoms with E-state index in [-0.39, 0.29) is 19.4 Å². The third-order valence-corrected chi connectivity index (χ3v) is 9.77. The second kappa shape index (κ2) is 36.0. The summed E-state index contributed by atoms with van der Waals surface area (Å²) in [6.07, 6.45) is 34.2. The largest absolute Gasteiger partial charge is 0.480 e. The number of carbonyl (C=O) groups is 3. The highest BCUT2D eigenvalue weighted by Gasteiger charge is 2.28. The summed E-state index contributed by atoms with van der Waals surface area (Å²) in [5.41, 5.74) is 5.32. The third kappa shape index (κ3) is 35.0. The van der Waals surface area contributed by atoms with E-state index in [9.17, 15) is 23.8 Å². The first kappa shape index (κ1) is 50.0. The molecule has 11 nitrogen and oxygen atoms in total. The molecule has 0 radical (unpaired) electrons. The fourth-order valence-electron chi connectivity index (χ4n) is 5.57. The smallest absolute Gasteiger partial charge is 0.472 e. The van der Waals surface area contributed by atoms with Crippen LogP contribution in [0.15, 0.2) is 24.8 Å². The van der Waals surface area contributed by atoms with Gasteiger partial charge in [-0.05, 0) is 51.4 Å². The Morgan fingerprint density at radius 1 is 0.635 bits per heavy atom. The molecule has 0 aliphatic carbocycles. The summed E-state index contributed by atoms with van der Waals surface area (Å²) >= 11 is 0. The lowest BCUT2D eigenvalue weighted by Crippen LogP contribution is -2.34. The monoisotopic (exact) mass is 760 g/mol. The van der Waals surface area contributed by atoms with Gasteiger partial charge < -0.3 is 25.2 Å². The molecule has 0 saturated heterocycles. The average Bonchev–Trinajstić information content (AvgIpc) is 3.12. The van der Waals surface area contributed by atoms with Crippen molar-refractivity contribution in [3.63, 3.8) is 0 Å². The second-order valence-corrected chi connectivity index (χ2v) is 15.3. The van der Waals surface area contributed by atoms with Crippen LogP contribution in [0, 0.1) is 0 Å². The van der Waals surface area contributed by atoms with Crippen LogP contribution in [-0.4, -0.2) is 59.9 Å². The number of nitrogens with two attached hydrogens (primary N) is 1. The second-order valence-electron chi connectivity index (χ2n) is 13.9. The molecule has 0 aliphatic heterocycles. The van der Waals surface area contributed by atoms with E-state index < -0.39 is 51.1 Å². The maximum atomic E-state index is 12.6. The van der Waals surface area contributed by atoms with E-state index in [1.54, 1.807) is 0 Å². The fourth-order valence-corrected chi connectivity index (χ4v) is 6.35. The molecule has 0 aromatic heterocycles. The number of phosphoric acid groups is 1. The van der Waals surface area contributed by atoms with Gasteiger partial charge in [0.25, 0.3) is 0 Å². The lowest BCUT2D eigenvalue weighted by atomic mass is 10.0. The first-order valence-electron chi connectivity index (χ1n) is 20.3. The van der Waals surface area contributed by atoms with Crippen LogP contribution in [0.25, 0.3) is 0 Å². The van der Waals surface area contributed by atoms with Crippen LogP contribution in [-0.2, 0) is 37.5 Å². The Morgan fingerprint density at radius 2 is 1.06 bits per heavy atom. The maximum absolute atomic E-state index is 12.6. The Kier molecular flexibility index (Phi) is 34.6. The normalized spacial score (nSPS) is 13.8. The number of rotatable bonds is 39. The Balaban J connectivity index is 4.39. The number of hydrogen-bond acceptors (Lipinski definition) is 9. The van der Waals surface area contributed by atoms with E-state index in [4.69, 9.17) is 24.8 Å². The number of carboxylic acids is 1. The highest BCUT2D eigenvalue weighted by atomic mass is 31.2. The summed E-state index contributed by atoms with van der Waals surface area (Å²) in [6, 6.07) is -1.52. The summed E-state index contributed by atoms with van der Waals surface area (Å²) in [5.74, 6) is -2.40. The average molecular weight is 760 g/mol. The van der Waals surface area contributed by atoms with Crippen LogP contribution in [0.2, 0.25) is 0 Å². The number of unbranched alkanes of at least 4 members (excludes halogenated alkanes) is 22. The van der Waals surface area contributed by atoms with Crippen molar-refractivity contribution in [2.75, 3.05) is 19.8 Å². The number of hydrogen-bond donors (Lipinski definition) is 3. The minimum absolute atomic E-state index is 0.142. The zero-order chi connectivity index (χ0) is 38.5. The first-order valence-corrected chi connectivity index (χ1v) is 21.8. The molecule has 4 N–H and O–H groups in total. The zero-order valence-corrected chi connectivity index (χ0v) is 33.4. The van der Waals surface area contributed by atoms with E-state index in [1.807, 2.05) is 6.08 Å². The van der Waals surface area contributed by atoms with Crippen LogP contribution in [0.1, 0.15) is 180 Å². The molecule has 0 aromatic rings. The summed E-state index contributed by atoms with van der Waals surface area (Å²) in [5, 5.41) is 8.87. The Morgan fingerprint density at radius 3 is 1.56 bits per heavy atom. The predicted molar refractivity (Wildman–Crippen MR) is 208 cm³/mol. The van der Waals surface area contributed by atoms with Crippen molar-refractivity contribution in [1.82, 2.24) is 0 Å². The molecule has 52 heavy (non-hydrogen) atoms. The molecule has 1 unspecified atom stereocenters. The van der Waals surface area contributed by atoms with Crippen LogP contribution in [0.5, 0.6) is 0 Å². The van der Waals surface area contributed by atoms with Crippen molar-refractivity contribution in [3.05, 3.63) is 24.8 Å². The van der Waals surface area contributed by atoms with Crippen molar-refractivity contribution in [1.29, 1.82) is 0 Å². The topological polar surface area (TPSA) is 172 Å². The molecule has 0 aromatic carbocycles. The molecule has 0 bridgehead atoms. The number of aliphatic carboxylic acids is 1. The molecular formula is C40H74NO10P. The van der Waals surface area contributed by atoms with E-state index in [0.717, 1.165) is 51.4 Å². The molecule has 0 spiro atoms. The van der Waals surface area contributed by atoms with Gasteiger partial charge >= 0.3 is 25.7 Å². The Hall–Kier alpha value is -2.04. The van der Waals surface area contributed by atoms with E-state index in [0.29, 0.717) is 12.8 Å². The lowest BCUT2D eigenvalue weighted by Gasteiger charge is -2.20. The molecule has 304 valence electrons. The summed E-state index contributed by atoms with van der Waals surface area (Å²) in [7, 11) is -4.71. The van der Waals surface area contributed by atoms with Crippen molar-refractivity contribution in [2.45, 2.75) is 192 Å². The molecule has 0 fully saturated rings. The van der Waals surface area contributed by atoms with Crippen molar-refractivity contribution in [2.24, 2.45) is 5.73 Å². The van der Waals surface area contributed by atoms with Gasteiger partial charge in [-0.1, -0.05) is 134 Å². The SMILES string of the molecule is C=CCCCCCCCCCCCCCCCC(=O)OC[C@H](COP(=O)(O)OC[C@H](N)C(=O)O)OC(=O)CCCCC/C=C/CCCCCCCC. The molecule has 0 aliphatic rings. The molecule has 0 rings (SSSR count). The summed E-state index contributed by atoms with van der Waals surface area (Å²) in [6.45, 7) is 4.29. The maximum Gasteiger partial charge on any atom is 0.472 e. The third-order valence-electron chi connectivity index (χ3n) is 8.82. The number of carboxylic acid groups (broad SMARTS) is 1. The Bertz CT molecular complexity index is 976. The lowest BCUT2D eigenvalue weighted by molar-refractivity contribution is -0.161. The van der Waals surface area contributed by atoms with Crippen LogP contribution in [0.4, 0.5) is 0 Å². The Labute approximate surface area is 315 Å². The number of allylic oxidation sites excluding steroid dienone is 3. The number of phosphoric ester groups is 1. The zero-order valence-electron chi connectivity index (χ0n) is 32.5. The molecule has 3 atom stereocenters. The fraction of sp³-hybridized carbons (Fsp3) is 0.825. The van der Waals surface area contributed by atoms with E-state index in [2.05, 4.69) is 30.2 Å². The highest BCUT2D eigenvalue weighted by molar-refractivity contribution is 7.47. The molecule has 0 saturated carbocycles. The van der Waals surface area contributed by atoms with Gasteiger partial charge in [0.2, 0.25) is 0 Å². The minimum atomic E-state index is -4.71. The van der Waals surface area contributed by atoms with E-state index >= 15 is 0 Å². The van der Waals surface area contributed by atoms with Crippen molar-refractivity contribution < 1.29 is 47.5 Å². The van der Waals surface area contributed by atoms with Crippen LogP contribution in [0.3, 0.4) is 0 Å². The van der Waals surface area contributed by atoms with Crippen LogP contribution >= 0.6 is 7.82 Å². The number of esters is 2. The first-order chi connectivity index (χ1) is 25.1. The summed E-state index contributed by atoms with van der Waals surface area (Å²) in [4.78, 5) is 45.8. The van der Waals surface area contributed by atoms with Crippen molar-refractivity contribution in [3.8, 4) is 0 Å². The van der Waals surface area contributed by atoms with Gasteiger partial charge in [-0.15, -0.1) is 6.58 Å². The van der Waals surface area contributed by atoms with E-state index in [1.165, 1.54) is 96.3 Å².